The molecule has 0 saturated heterocycles. The van der Waals surface area contributed by atoms with Crippen LogP contribution in [-0.2, 0) is 16.1 Å². The molecular formula is C21H18N2O5. The summed E-state index contributed by atoms with van der Waals surface area (Å²) in [6.45, 7) is -0.480. The van der Waals surface area contributed by atoms with Crippen molar-refractivity contribution in [2.75, 3.05) is 11.9 Å². The number of rotatable bonds is 7. The first-order valence-electron chi connectivity index (χ1n) is 8.50. The largest absolute Gasteiger partial charge is 0.479 e. The second-order valence-electron chi connectivity index (χ2n) is 5.78. The third-order valence-electron chi connectivity index (χ3n) is 3.71. The fourth-order valence-corrected chi connectivity index (χ4v) is 2.41. The van der Waals surface area contributed by atoms with Crippen molar-refractivity contribution in [3.05, 3.63) is 78.4 Å². The molecule has 142 valence electrons. The van der Waals surface area contributed by atoms with Crippen molar-refractivity contribution in [1.29, 1.82) is 0 Å². The lowest BCUT2D eigenvalue weighted by Gasteiger charge is -2.12. The van der Waals surface area contributed by atoms with Gasteiger partial charge in [0.05, 0.1) is 5.69 Å². The number of ether oxygens (including phenoxy) is 2. The Kier molecular flexibility index (Phi) is 6.20. The van der Waals surface area contributed by atoms with E-state index in [-0.39, 0.29) is 18.2 Å². The first-order valence-corrected chi connectivity index (χ1v) is 8.50. The second kappa shape index (κ2) is 9.18. The predicted octanol–water partition coefficient (Wildman–Crippen LogP) is 3.96. The molecule has 0 spiro atoms. The highest BCUT2D eigenvalue weighted by molar-refractivity contribution is 5.86. The van der Waals surface area contributed by atoms with Crippen molar-refractivity contribution >= 4 is 17.7 Å². The van der Waals surface area contributed by atoms with Gasteiger partial charge in [-0.3, -0.25) is 5.32 Å². The van der Waals surface area contributed by atoms with Crippen LogP contribution >= 0.6 is 0 Å². The number of carboxylic acids is 1. The number of amides is 1. The molecule has 0 aliphatic rings. The zero-order valence-corrected chi connectivity index (χ0v) is 14.9. The van der Waals surface area contributed by atoms with Crippen molar-refractivity contribution in [2.45, 2.75) is 6.61 Å². The van der Waals surface area contributed by atoms with Gasteiger partial charge in [-0.15, -0.1) is 0 Å². The minimum absolute atomic E-state index is 0.000383. The number of nitrogens with zero attached hydrogens (tertiary/aromatic N) is 1. The smallest absolute Gasteiger partial charge is 0.412 e. The fourth-order valence-electron chi connectivity index (χ4n) is 2.41. The van der Waals surface area contributed by atoms with E-state index in [1.165, 1.54) is 0 Å². The van der Waals surface area contributed by atoms with Gasteiger partial charge >= 0.3 is 12.1 Å². The molecule has 3 rings (SSSR count). The Balaban J connectivity index is 1.74. The zero-order chi connectivity index (χ0) is 19.8. The number of hydrogen-bond donors (Lipinski definition) is 2. The maximum absolute atomic E-state index is 12.1. The Morgan fingerprint density at radius 2 is 1.61 bits per heavy atom. The van der Waals surface area contributed by atoms with Gasteiger partial charge in [0.25, 0.3) is 0 Å². The van der Waals surface area contributed by atoms with Crippen LogP contribution in [0.25, 0.3) is 11.3 Å². The Morgan fingerprint density at radius 3 is 2.29 bits per heavy atom. The van der Waals surface area contributed by atoms with Crippen LogP contribution in [-0.4, -0.2) is 28.8 Å². The Labute approximate surface area is 161 Å². The van der Waals surface area contributed by atoms with Crippen LogP contribution in [0.4, 0.5) is 10.5 Å². The molecule has 0 bridgehead atoms. The average Bonchev–Trinajstić information content (AvgIpc) is 2.73. The molecule has 0 saturated carbocycles. The van der Waals surface area contributed by atoms with Crippen molar-refractivity contribution in [3.63, 3.8) is 0 Å². The number of benzene rings is 2. The summed E-state index contributed by atoms with van der Waals surface area (Å²) >= 11 is 0. The highest BCUT2D eigenvalue weighted by Gasteiger charge is 2.14. The van der Waals surface area contributed by atoms with Crippen molar-refractivity contribution in [2.24, 2.45) is 0 Å². The molecule has 28 heavy (non-hydrogen) atoms. The van der Waals surface area contributed by atoms with Gasteiger partial charge < -0.3 is 14.6 Å². The number of carboxylic acid groups (broad SMARTS) is 1. The van der Waals surface area contributed by atoms with Crippen LogP contribution in [0.1, 0.15) is 5.56 Å². The molecule has 2 aromatic carbocycles. The Hall–Kier alpha value is -3.87. The third kappa shape index (κ3) is 5.31. The van der Waals surface area contributed by atoms with Crippen molar-refractivity contribution in [3.8, 4) is 17.1 Å². The van der Waals surface area contributed by atoms with Crippen LogP contribution in [0.3, 0.4) is 0 Å². The van der Waals surface area contributed by atoms with Gasteiger partial charge in [-0.1, -0.05) is 60.7 Å². The summed E-state index contributed by atoms with van der Waals surface area (Å²) in [6.07, 6.45) is -0.696. The maximum atomic E-state index is 12.1. The topological polar surface area (TPSA) is 97.8 Å². The van der Waals surface area contributed by atoms with Crippen LogP contribution in [0.5, 0.6) is 5.88 Å². The maximum Gasteiger partial charge on any atom is 0.412 e. The SMILES string of the molecule is O=C(O)COc1nc(-c2ccccc2)ccc1NC(=O)OCc1ccccc1. The molecule has 0 unspecified atom stereocenters. The number of aromatic nitrogens is 1. The zero-order valence-electron chi connectivity index (χ0n) is 14.9. The fraction of sp³-hybridized carbons (Fsp3) is 0.0952. The van der Waals surface area contributed by atoms with Crippen molar-refractivity contribution in [1.82, 2.24) is 4.98 Å². The summed E-state index contributed by atoms with van der Waals surface area (Å²) in [5.41, 5.74) is 2.49. The average molecular weight is 378 g/mol. The van der Waals surface area contributed by atoms with E-state index in [1.807, 2.05) is 60.7 Å². The molecule has 7 heteroatoms. The number of hydrogen-bond acceptors (Lipinski definition) is 5. The van der Waals surface area contributed by atoms with E-state index in [1.54, 1.807) is 12.1 Å². The van der Waals surface area contributed by atoms with Crippen LogP contribution in [0, 0.1) is 0 Å². The first-order chi connectivity index (χ1) is 13.6. The Bertz CT molecular complexity index is 946. The highest BCUT2D eigenvalue weighted by atomic mass is 16.5. The molecule has 0 atom stereocenters. The molecule has 0 fully saturated rings. The molecule has 1 amide bonds. The molecule has 0 radical (unpaired) electrons. The molecule has 3 aromatic rings. The molecule has 1 aromatic heterocycles. The minimum atomic E-state index is -1.15. The normalized spacial score (nSPS) is 10.1. The summed E-state index contributed by atoms with van der Waals surface area (Å²) in [6, 6.07) is 21.9. The quantitative estimate of drug-likeness (QED) is 0.646. The Morgan fingerprint density at radius 1 is 0.929 bits per heavy atom. The standard InChI is InChI=1S/C21H18N2O5/c24-19(25)14-27-20-18(12-11-17(22-20)16-9-5-2-6-10-16)23-21(26)28-13-15-7-3-1-4-8-15/h1-12H,13-14H2,(H,23,26)(H,24,25). The highest BCUT2D eigenvalue weighted by Crippen LogP contribution is 2.27. The number of carbonyl (C=O) groups is 2. The summed E-state index contributed by atoms with van der Waals surface area (Å²) in [7, 11) is 0. The van der Waals surface area contributed by atoms with E-state index >= 15 is 0 Å². The molecule has 7 nitrogen and oxygen atoms in total. The number of aliphatic carboxylic acids is 1. The second-order valence-corrected chi connectivity index (χ2v) is 5.78. The molecule has 0 aliphatic carbocycles. The monoisotopic (exact) mass is 378 g/mol. The predicted molar refractivity (Wildman–Crippen MR) is 103 cm³/mol. The molecule has 0 aliphatic heterocycles. The van der Waals surface area contributed by atoms with Crippen LogP contribution in [0.15, 0.2) is 72.8 Å². The van der Waals surface area contributed by atoms with Gasteiger partial charge in [0.2, 0.25) is 5.88 Å². The number of nitrogens with one attached hydrogen (secondary N) is 1. The first kappa shape index (κ1) is 18.9. The van der Waals surface area contributed by atoms with Gasteiger partial charge in [0.15, 0.2) is 6.61 Å². The summed E-state index contributed by atoms with van der Waals surface area (Å²) < 4.78 is 10.4. The molecule has 2 N–H and O–H groups in total. The summed E-state index contributed by atoms with van der Waals surface area (Å²) in [5, 5.41) is 11.4. The van der Waals surface area contributed by atoms with E-state index in [2.05, 4.69) is 10.3 Å². The van der Waals surface area contributed by atoms with Gasteiger partial charge in [0.1, 0.15) is 12.3 Å². The van der Waals surface area contributed by atoms with E-state index < -0.39 is 18.7 Å². The number of carbonyl (C=O) groups excluding carboxylic acids is 1. The van der Waals surface area contributed by atoms with Gasteiger partial charge in [-0.2, -0.15) is 0 Å². The lowest BCUT2D eigenvalue weighted by molar-refractivity contribution is -0.139. The van der Waals surface area contributed by atoms with Crippen molar-refractivity contribution < 1.29 is 24.2 Å². The third-order valence-corrected chi connectivity index (χ3v) is 3.71. The molecule has 1 heterocycles. The van der Waals surface area contributed by atoms with Gasteiger partial charge in [0, 0.05) is 5.56 Å². The summed E-state index contributed by atoms with van der Waals surface area (Å²) in [5.74, 6) is -1.15. The minimum Gasteiger partial charge on any atom is -0.479 e. The molecular weight excluding hydrogens is 360 g/mol. The number of anilines is 1. The van der Waals surface area contributed by atoms with E-state index in [9.17, 15) is 9.59 Å². The van der Waals surface area contributed by atoms with E-state index in [0.717, 1.165) is 11.1 Å². The van der Waals surface area contributed by atoms with Gasteiger partial charge in [-0.25, -0.2) is 14.6 Å². The summed E-state index contributed by atoms with van der Waals surface area (Å²) in [4.78, 5) is 27.3. The number of pyridine rings is 1. The van der Waals surface area contributed by atoms with Crippen LogP contribution < -0.4 is 10.1 Å². The lowest BCUT2D eigenvalue weighted by atomic mass is 10.1. The lowest BCUT2D eigenvalue weighted by Crippen LogP contribution is -2.16. The van der Waals surface area contributed by atoms with E-state index in [4.69, 9.17) is 14.6 Å². The van der Waals surface area contributed by atoms with E-state index in [0.29, 0.717) is 5.69 Å². The van der Waals surface area contributed by atoms with Gasteiger partial charge in [-0.05, 0) is 17.7 Å². The van der Waals surface area contributed by atoms with Crippen LogP contribution in [0.2, 0.25) is 0 Å².